The molecule has 0 aromatic carbocycles. The molecule has 12 atom stereocenters. The first-order valence-electron chi connectivity index (χ1n) is 19.9. The maximum atomic E-state index is 15.2. The highest BCUT2D eigenvalue weighted by molar-refractivity contribution is 5.98. The first-order valence-corrected chi connectivity index (χ1v) is 19.9. The van der Waals surface area contributed by atoms with Crippen LogP contribution in [0.5, 0.6) is 0 Å². The lowest BCUT2D eigenvalue weighted by molar-refractivity contribution is -0.254. The van der Waals surface area contributed by atoms with E-state index in [1.807, 2.05) is 20.0 Å². The Kier molecular flexibility index (Phi) is 10.1. The number of hydrogen-bond donors (Lipinski definition) is 3. The van der Waals surface area contributed by atoms with E-state index in [4.69, 9.17) is 19.3 Å². The van der Waals surface area contributed by atoms with Crippen molar-refractivity contribution in [2.75, 3.05) is 33.9 Å². The molecule has 3 saturated carbocycles. The zero-order valence-corrected chi connectivity index (χ0v) is 34.2. The third kappa shape index (κ3) is 5.57. The second kappa shape index (κ2) is 13.4. The van der Waals surface area contributed by atoms with E-state index in [1.165, 1.54) is 6.33 Å². The number of allylic oxidation sites excluding steroid dienone is 1. The molecule has 0 radical (unpaired) electrons. The normalized spacial score (nSPS) is 41.1. The zero-order chi connectivity index (χ0) is 39.1. The summed E-state index contributed by atoms with van der Waals surface area (Å²) in [6, 6.07) is -0.372. The van der Waals surface area contributed by atoms with E-state index in [0.29, 0.717) is 26.2 Å². The summed E-state index contributed by atoms with van der Waals surface area (Å²) in [5.41, 5.74) is -2.37. The van der Waals surface area contributed by atoms with Gasteiger partial charge in [0, 0.05) is 28.8 Å². The van der Waals surface area contributed by atoms with E-state index < -0.39 is 39.3 Å². The van der Waals surface area contributed by atoms with E-state index in [-0.39, 0.29) is 64.8 Å². The number of likely N-dealkylation sites (N-methyl/N-ethyl adjacent to an activating group) is 1. The topological polar surface area (TPSA) is 154 Å². The number of nitrogens with one attached hydrogen (secondary N) is 2. The van der Waals surface area contributed by atoms with Crippen LogP contribution in [0.15, 0.2) is 18.0 Å². The number of aromatic nitrogens is 3. The Hall–Kier alpha value is -2.83. The van der Waals surface area contributed by atoms with Crippen molar-refractivity contribution in [3.05, 3.63) is 23.8 Å². The summed E-state index contributed by atoms with van der Waals surface area (Å²) >= 11 is 0. The molecule has 1 aromatic rings. The number of nitrogens with zero attached hydrogens (tertiary/aromatic N) is 3. The quantitative estimate of drug-likeness (QED) is 0.232. The molecule has 5 aliphatic rings. The average Bonchev–Trinajstić information content (AvgIpc) is 3.60. The molecular weight excluding hydrogens is 674 g/mol. The van der Waals surface area contributed by atoms with Crippen LogP contribution >= 0.6 is 0 Å². The van der Waals surface area contributed by atoms with Crippen molar-refractivity contribution in [2.24, 2.45) is 56.7 Å². The van der Waals surface area contributed by atoms with Gasteiger partial charge in [-0.15, -0.1) is 0 Å². The summed E-state index contributed by atoms with van der Waals surface area (Å²) in [7, 11) is 3.56. The molecule has 3 N–H and O–H groups in total. The standard InChI is InChI=1S/C41H65N5O7/c1-23(2)25(5)36(6)15-16-38(8)26-13-14-29-37(7)19-51-21-41(29,27(26)17-30(47)40(38,10)34(36)53-35(49)50)18-28(46-32(33(48)42-11)44-22-45-46)31(37)52-20-39(9,43-12)24(3)4/h17,22-26,28-29,31,34,43H,13-16,18-21H2,1-12H3,(H,42,48)(H,49,50)/t25-,26+,28-,29+,31+,34-,36-,37-,38-,39+,40-,41+/m1/s1. The van der Waals surface area contributed by atoms with Crippen LogP contribution in [0.2, 0.25) is 0 Å². The average molecular weight is 740 g/mol. The van der Waals surface area contributed by atoms with Crippen molar-refractivity contribution >= 4 is 17.8 Å². The SMILES string of the molecule is CNC(=O)c1ncnn1[C@@H]1C[C@@]23COC[C@](C)([C@@H]2CC[C@H]2C3=CC(=O)[C@]3(C)[C@H](OC(=O)O)[C@@](C)([C@H](C)C(C)C)CC[C@]23C)[C@H]1OC[C@](C)(NC)C(C)C. The Morgan fingerprint density at radius 2 is 1.79 bits per heavy atom. The number of hydrogen-bond acceptors (Lipinski definition) is 9. The van der Waals surface area contributed by atoms with Crippen LogP contribution in [0.4, 0.5) is 4.79 Å². The van der Waals surface area contributed by atoms with Gasteiger partial charge in [-0.2, -0.15) is 5.10 Å². The molecule has 1 saturated heterocycles. The second-order valence-corrected chi connectivity index (χ2v) is 19.2. The van der Waals surface area contributed by atoms with Crippen LogP contribution in [0.3, 0.4) is 0 Å². The molecule has 296 valence electrons. The molecule has 1 aliphatic heterocycles. The predicted molar refractivity (Wildman–Crippen MR) is 200 cm³/mol. The highest BCUT2D eigenvalue weighted by Gasteiger charge is 2.74. The lowest BCUT2D eigenvalue weighted by Gasteiger charge is -2.70. The Morgan fingerprint density at radius 1 is 1.09 bits per heavy atom. The first-order chi connectivity index (χ1) is 24.7. The van der Waals surface area contributed by atoms with Crippen LogP contribution in [-0.2, 0) is 19.0 Å². The molecule has 2 bridgehead atoms. The van der Waals surface area contributed by atoms with Gasteiger partial charge in [0.05, 0.1) is 37.4 Å². The van der Waals surface area contributed by atoms with E-state index in [2.05, 4.69) is 77.9 Å². The molecule has 0 spiro atoms. The van der Waals surface area contributed by atoms with E-state index in [0.717, 1.165) is 31.3 Å². The number of carbonyl (C=O) groups is 3. The number of rotatable bonds is 10. The maximum Gasteiger partial charge on any atom is 0.506 e. The fourth-order valence-corrected chi connectivity index (χ4v) is 12.2. The molecule has 53 heavy (non-hydrogen) atoms. The molecule has 12 heteroatoms. The number of fused-ring (bicyclic) bond motifs is 3. The van der Waals surface area contributed by atoms with Crippen molar-refractivity contribution in [2.45, 2.75) is 125 Å². The summed E-state index contributed by atoms with van der Waals surface area (Å²) in [5, 5.41) is 21.1. The molecule has 4 fully saturated rings. The highest BCUT2D eigenvalue weighted by Crippen LogP contribution is 2.74. The Morgan fingerprint density at radius 3 is 2.40 bits per heavy atom. The summed E-state index contributed by atoms with van der Waals surface area (Å²) in [5.74, 6) is 0.678. The molecule has 0 unspecified atom stereocenters. The zero-order valence-electron chi connectivity index (χ0n) is 34.2. The van der Waals surface area contributed by atoms with Crippen molar-refractivity contribution in [1.82, 2.24) is 25.4 Å². The van der Waals surface area contributed by atoms with Gasteiger partial charge in [0.25, 0.3) is 5.91 Å². The summed E-state index contributed by atoms with van der Waals surface area (Å²) in [6.45, 7) is 23.0. The lowest BCUT2D eigenvalue weighted by atomic mass is 9.35. The summed E-state index contributed by atoms with van der Waals surface area (Å²) in [4.78, 5) is 45.3. The minimum absolute atomic E-state index is 0.00648. The van der Waals surface area contributed by atoms with E-state index >= 15 is 4.79 Å². The minimum atomic E-state index is -1.34. The largest absolute Gasteiger partial charge is 0.506 e. The summed E-state index contributed by atoms with van der Waals surface area (Å²) in [6.07, 6.45) is 4.68. The third-order valence-corrected chi connectivity index (χ3v) is 16.5. The fourth-order valence-electron chi connectivity index (χ4n) is 12.2. The lowest BCUT2D eigenvalue weighted by Crippen LogP contribution is -2.71. The van der Waals surface area contributed by atoms with Crippen LogP contribution < -0.4 is 10.6 Å². The number of ether oxygens (including phenoxy) is 3. The summed E-state index contributed by atoms with van der Waals surface area (Å²) < 4.78 is 21.5. The van der Waals surface area contributed by atoms with Gasteiger partial charge < -0.3 is 30.0 Å². The van der Waals surface area contributed by atoms with E-state index in [1.54, 1.807) is 11.7 Å². The maximum absolute atomic E-state index is 15.2. The Labute approximate surface area is 315 Å². The van der Waals surface area contributed by atoms with Gasteiger partial charge in [0.1, 0.15) is 12.4 Å². The molecule has 2 heterocycles. The van der Waals surface area contributed by atoms with Gasteiger partial charge in [-0.05, 0) is 94.1 Å². The molecule has 6 rings (SSSR count). The number of amides is 1. The Balaban J connectivity index is 1.51. The molecule has 12 nitrogen and oxygen atoms in total. The fraction of sp³-hybridized carbons (Fsp3) is 0.829. The van der Waals surface area contributed by atoms with Crippen LogP contribution in [0, 0.1) is 56.7 Å². The van der Waals surface area contributed by atoms with Crippen molar-refractivity contribution in [3.8, 4) is 0 Å². The molecular formula is C41H65N5O7. The number of carboxylic acid groups (broad SMARTS) is 1. The minimum Gasteiger partial charge on any atom is -0.450 e. The number of ketones is 1. The monoisotopic (exact) mass is 739 g/mol. The van der Waals surface area contributed by atoms with Crippen LogP contribution in [0.1, 0.15) is 118 Å². The van der Waals surface area contributed by atoms with Crippen LogP contribution in [0.25, 0.3) is 0 Å². The first kappa shape index (κ1) is 39.9. The van der Waals surface area contributed by atoms with Gasteiger partial charge in [-0.1, -0.05) is 61.0 Å². The van der Waals surface area contributed by atoms with Gasteiger partial charge in [-0.3, -0.25) is 9.59 Å². The molecule has 1 amide bonds. The molecule has 4 aliphatic carbocycles. The second-order valence-electron chi connectivity index (χ2n) is 19.2. The van der Waals surface area contributed by atoms with Gasteiger partial charge >= 0.3 is 6.16 Å². The van der Waals surface area contributed by atoms with Crippen molar-refractivity contribution < 1.29 is 33.7 Å². The predicted octanol–water partition coefficient (Wildman–Crippen LogP) is 6.33. The van der Waals surface area contributed by atoms with Crippen molar-refractivity contribution in [1.29, 1.82) is 0 Å². The highest BCUT2D eigenvalue weighted by atomic mass is 16.7. The van der Waals surface area contributed by atoms with Crippen molar-refractivity contribution in [3.63, 3.8) is 0 Å². The Bertz CT molecular complexity index is 1640. The number of carbonyl (C=O) groups excluding carboxylic acids is 2. The van der Waals surface area contributed by atoms with Gasteiger partial charge in [-0.25, -0.2) is 14.5 Å². The molecule has 1 aromatic heterocycles. The smallest absolute Gasteiger partial charge is 0.450 e. The van der Waals surface area contributed by atoms with Gasteiger partial charge in [0.2, 0.25) is 5.82 Å². The van der Waals surface area contributed by atoms with E-state index in [9.17, 15) is 14.7 Å². The van der Waals surface area contributed by atoms with Gasteiger partial charge in [0.15, 0.2) is 5.78 Å². The third-order valence-electron chi connectivity index (χ3n) is 16.5. The van der Waals surface area contributed by atoms with Crippen LogP contribution in [-0.4, -0.2) is 89.4 Å².